The molecule has 0 aromatic rings. The van der Waals surface area contributed by atoms with E-state index in [9.17, 15) is 5.26 Å². The molecule has 4 rings (SSSR count). The van der Waals surface area contributed by atoms with Crippen LogP contribution in [0.1, 0.15) is 12.8 Å². The maximum absolute atomic E-state index is 9.81. The van der Waals surface area contributed by atoms with E-state index >= 15 is 0 Å². The molecule has 4 saturated heterocycles. The summed E-state index contributed by atoms with van der Waals surface area (Å²) >= 11 is 0. The molecule has 0 aliphatic carbocycles. The molecule has 0 radical (unpaired) electrons. The summed E-state index contributed by atoms with van der Waals surface area (Å²) in [4.78, 5) is 1.50. The lowest BCUT2D eigenvalue weighted by Gasteiger charge is -2.55. The number of hydrogen-bond donors (Lipinski definition) is 1. The fourth-order valence-corrected chi connectivity index (χ4v) is 4.24. The van der Waals surface area contributed by atoms with Gasteiger partial charge in [-0.05, 0) is 0 Å². The Labute approximate surface area is 103 Å². The van der Waals surface area contributed by atoms with Crippen LogP contribution in [0.2, 0.25) is 0 Å². The van der Waals surface area contributed by atoms with Crippen LogP contribution >= 0.6 is 0 Å². The van der Waals surface area contributed by atoms with Gasteiger partial charge in [0.2, 0.25) is 5.54 Å². The van der Waals surface area contributed by atoms with Crippen LogP contribution in [0.3, 0.4) is 0 Å². The molecule has 0 spiro atoms. The van der Waals surface area contributed by atoms with Crippen molar-refractivity contribution in [2.24, 2.45) is 5.92 Å². The number of nitriles is 1. The second kappa shape index (κ2) is 3.94. The Morgan fingerprint density at radius 2 is 1.94 bits per heavy atom. The van der Waals surface area contributed by atoms with E-state index in [1.165, 1.54) is 30.8 Å². The zero-order valence-electron chi connectivity index (χ0n) is 10.7. The standard InChI is InChI=1S/C13H22N3O/c1-16-6-2-12(3-7-16)13(10-14,11-16)15-4-8-17-9-5-15/h12H,2-9,11H2,1H3/q+1/p+1. The van der Waals surface area contributed by atoms with Crippen molar-refractivity contribution in [3.05, 3.63) is 0 Å². The van der Waals surface area contributed by atoms with Crippen molar-refractivity contribution in [3.8, 4) is 6.07 Å². The third-order valence-corrected chi connectivity index (χ3v) is 5.29. The van der Waals surface area contributed by atoms with Crippen LogP contribution in [0, 0.1) is 17.2 Å². The SMILES string of the molecule is C[N+]12CCC(CC1)C(C#N)([NH+]1CCOCC1)C2. The first-order chi connectivity index (χ1) is 8.19. The Balaban J connectivity index is 1.89. The van der Waals surface area contributed by atoms with E-state index in [0.717, 1.165) is 37.3 Å². The summed E-state index contributed by atoms with van der Waals surface area (Å²) in [6.07, 6.45) is 2.49. The van der Waals surface area contributed by atoms with Gasteiger partial charge in [0.05, 0.1) is 33.4 Å². The Kier molecular flexibility index (Phi) is 2.66. The molecule has 1 atom stereocenters. The topological polar surface area (TPSA) is 37.5 Å². The number of likely N-dealkylation sites (N-methyl/N-ethyl adjacent to an activating group) is 1. The van der Waals surface area contributed by atoms with Gasteiger partial charge in [0.15, 0.2) is 0 Å². The first kappa shape index (κ1) is 11.5. The first-order valence-electron chi connectivity index (χ1n) is 6.86. The minimum Gasteiger partial charge on any atom is -0.370 e. The van der Waals surface area contributed by atoms with Gasteiger partial charge in [0.1, 0.15) is 25.7 Å². The summed E-state index contributed by atoms with van der Waals surface area (Å²) in [7, 11) is 2.33. The quantitative estimate of drug-likeness (QED) is 0.596. The molecule has 0 saturated carbocycles. The third-order valence-electron chi connectivity index (χ3n) is 5.29. The van der Waals surface area contributed by atoms with Crippen molar-refractivity contribution in [2.45, 2.75) is 18.4 Å². The number of nitrogens with zero attached hydrogens (tertiary/aromatic N) is 2. The molecule has 0 amide bonds. The molecule has 17 heavy (non-hydrogen) atoms. The van der Waals surface area contributed by atoms with Gasteiger partial charge in [0, 0.05) is 18.8 Å². The summed E-state index contributed by atoms with van der Waals surface area (Å²) < 4.78 is 6.57. The molecule has 4 aliphatic rings. The lowest BCUT2D eigenvalue weighted by molar-refractivity contribution is -1.02. The van der Waals surface area contributed by atoms with E-state index in [2.05, 4.69) is 13.1 Å². The minimum atomic E-state index is -0.116. The Morgan fingerprint density at radius 3 is 2.47 bits per heavy atom. The van der Waals surface area contributed by atoms with Crippen LogP contribution in [0.4, 0.5) is 0 Å². The molecule has 4 nitrogen and oxygen atoms in total. The number of nitrogens with one attached hydrogen (secondary N) is 1. The monoisotopic (exact) mass is 237 g/mol. The highest BCUT2D eigenvalue weighted by atomic mass is 16.5. The van der Waals surface area contributed by atoms with Crippen LogP contribution in [-0.4, -0.2) is 63.0 Å². The normalized spacial score (nSPS) is 46.7. The predicted molar refractivity (Wildman–Crippen MR) is 63.4 cm³/mol. The van der Waals surface area contributed by atoms with Gasteiger partial charge >= 0.3 is 0 Å². The molecule has 4 heterocycles. The molecule has 1 unspecified atom stereocenters. The van der Waals surface area contributed by atoms with E-state index in [-0.39, 0.29) is 5.54 Å². The molecule has 4 aliphatic heterocycles. The summed E-state index contributed by atoms with van der Waals surface area (Å²) in [6, 6.07) is 2.74. The molecule has 0 aromatic carbocycles. The smallest absolute Gasteiger partial charge is 0.236 e. The van der Waals surface area contributed by atoms with Crippen molar-refractivity contribution >= 4 is 0 Å². The molecule has 1 N–H and O–H groups in total. The number of piperidine rings is 3. The van der Waals surface area contributed by atoms with Gasteiger partial charge in [-0.2, -0.15) is 5.26 Å². The van der Waals surface area contributed by atoms with Crippen LogP contribution in [0.25, 0.3) is 0 Å². The van der Waals surface area contributed by atoms with E-state index in [4.69, 9.17) is 4.74 Å². The van der Waals surface area contributed by atoms with E-state index in [1.807, 2.05) is 0 Å². The van der Waals surface area contributed by atoms with E-state index < -0.39 is 0 Å². The van der Waals surface area contributed by atoms with Gasteiger partial charge in [-0.15, -0.1) is 0 Å². The van der Waals surface area contributed by atoms with Gasteiger partial charge < -0.3 is 14.1 Å². The number of ether oxygens (including phenoxy) is 1. The van der Waals surface area contributed by atoms with Crippen molar-refractivity contribution < 1.29 is 14.1 Å². The fraction of sp³-hybridized carbons (Fsp3) is 0.923. The fourth-order valence-electron chi connectivity index (χ4n) is 4.24. The Bertz CT molecular complexity index is 337. The second-order valence-electron chi connectivity index (χ2n) is 6.30. The summed E-state index contributed by atoms with van der Waals surface area (Å²) in [5.41, 5.74) is -0.116. The van der Waals surface area contributed by atoms with Gasteiger partial charge in [0.25, 0.3) is 0 Å². The number of fused-ring (bicyclic) bond motifs is 3. The van der Waals surface area contributed by atoms with Gasteiger partial charge in [-0.25, -0.2) is 0 Å². The van der Waals surface area contributed by atoms with E-state index in [1.54, 1.807) is 0 Å². The second-order valence-corrected chi connectivity index (χ2v) is 6.30. The average Bonchev–Trinajstić information content (AvgIpc) is 2.39. The zero-order valence-corrected chi connectivity index (χ0v) is 10.7. The van der Waals surface area contributed by atoms with Gasteiger partial charge in [-0.3, -0.25) is 0 Å². The van der Waals surface area contributed by atoms with Crippen LogP contribution in [0.15, 0.2) is 0 Å². The predicted octanol–water partition coefficient (Wildman–Crippen LogP) is -0.966. The first-order valence-corrected chi connectivity index (χ1v) is 6.86. The summed E-state index contributed by atoms with van der Waals surface area (Å²) in [5, 5.41) is 9.81. The molecule has 0 aromatic heterocycles. The lowest BCUT2D eigenvalue weighted by Crippen LogP contribution is -3.24. The van der Waals surface area contributed by atoms with Gasteiger partial charge in [-0.1, -0.05) is 0 Å². The number of morpholine rings is 1. The van der Waals surface area contributed by atoms with E-state index in [0.29, 0.717) is 5.92 Å². The number of rotatable bonds is 1. The highest BCUT2D eigenvalue weighted by Crippen LogP contribution is 2.37. The van der Waals surface area contributed by atoms with Crippen molar-refractivity contribution in [1.82, 2.24) is 0 Å². The van der Waals surface area contributed by atoms with Crippen molar-refractivity contribution in [3.63, 3.8) is 0 Å². The maximum atomic E-state index is 9.81. The molecule has 4 fully saturated rings. The Morgan fingerprint density at radius 1 is 1.29 bits per heavy atom. The highest BCUT2D eigenvalue weighted by molar-refractivity contribution is 5.08. The summed E-state index contributed by atoms with van der Waals surface area (Å²) in [6.45, 7) is 7.30. The highest BCUT2D eigenvalue weighted by Gasteiger charge is 2.60. The number of hydrogen-bond acceptors (Lipinski definition) is 2. The molecule has 4 heteroatoms. The molecule has 94 valence electrons. The maximum Gasteiger partial charge on any atom is 0.236 e. The van der Waals surface area contributed by atoms with Crippen LogP contribution in [0.5, 0.6) is 0 Å². The zero-order chi connectivity index (χ0) is 11.9. The van der Waals surface area contributed by atoms with Crippen molar-refractivity contribution in [2.75, 3.05) is 53.0 Å². The molecule has 2 bridgehead atoms. The number of quaternary nitrogens is 2. The largest absolute Gasteiger partial charge is 0.370 e. The molecular weight excluding hydrogens is 214 g/mol. The minimum absolute atomic E-state index is 0.116. The summed E-state index contributed by atoms with van der Waals surface area (Å²) in [5.74, 6) is 0.626. The lowest BCUT2D eigenvalue weighted by atomic mass is 9.71. The molecular formula is C13H23N3O+2. The Hall–Kier alpha value is -0.630. The van der Waals surface area contributed by atoms with Crippen LogP contribution < -0.4 is 4.90 Å². The van der Waals surface area contributed by atoms with Crippen LogP contribution in [-0.2, 0) is 4.74 Å². The van der Waals surface area contributed by atoms with Crippen molar-refractivity contribution in [1.29, 1.82) is 5.26 Å². The third kappa shape index (κ3) is 1.69. The average molecular weight is 237 g/mol.